The third-order valence-electron chi connectivity index (χ3n) is 1.51. The van der Waals surface area contributed by atoms with E-state index in [-0.39, 0.29) is 0 Å². The quantitative estimate of drug-likeness (QED) is 0.367. The number of hydrogen-bond acceptors (Lipinski definition) is 3. The predicted octanol–water partition coefficient (Wildman–Crippen LogP) is 2.10. The molecule has 0 aliphatic rings. The van der Waals surface area contributed by atoms with Crippen LogP contribution in [0.3, 0.4) is 0 Å². The van der Waals surface area contributed by atoms with E-state index >= 15 is 0 Å². The summed E-state index contributed by atoms with van der Waals surface area (Å²) in [6.07, 6.45) is 4.13. The Kier molecular flexibility index (Phi) is 5.65. The van der Waals surface area contributed by atoms with E-state index in [9.17, 15) is 0 Å². The van der Waals surface area contributed by atoms with Crippen molar-refractivity contribution in [2.24, 2.45) is 11.7 Å². The van der Waals surface area contributed by atoms with Gasteiger partial charge >= 0.3 is 0 Å². The molecule has 0 atom stereocenters. The average Bonchev–Trinajstić information content (AvgIpc) is 1.98. The van der Waals surface area contributed by atoms with E-state index in [0.29, 0.717) is 18.1 Å². The van der Waals surface area contributed by atoms with Crippen LogP contribution in [-0.2, 0) is 4.89 Å². The number of rotatable bonds is 5. The van der Waals surface area contributed by atoms with Gasteiger partial charge in [-0.2, -0.15) is 0 Å². The summed E-state index contributed by atoms with van der Waals surface area (Å²) in [7, 11) is 0. The Morgan fingerprint density at radius 1 is 1.64 bits per heavy atom. The highest BCUT2D eigenvalue weighted by atomic mass is 17.1. The van der Waals surface area contributed by atoms with Crippen LogP contribution in [0.2, 0.25) is 0 Å². The molecule has 3 N–H and O–H groups in total. The Morgan fingerprint density at radius 2 is 2.27 bits per heavy atom. The molecule has 0 aromatic carbocycles. The van der Waals surface area contributed by atoms with Crippen LogP contribution in [0.15, 0.2) is 12.0 Å². The normalized spacial score (nSPS) is 12.2. The van der Waals surface area contributed by atoms with Crippen molar-refractivity contribution in [3.63, 3.8) is 0 Å². The Labute approximate surface area is 67.8 Å². The first-order valence-corrected chi connectivity index (χ1v) is 3.93. The first-order valence-electron chi connectivity index (χ1n) is 3.93. The monoisotopic (exact) mass is 159 g/mol. The molecular weight excluding hydrogens is 142 g/mol. The molecule has 0 aliphatic heterocycles. The molecule has 66 valence electrons. The van der Waals surface area contributed by atoms with Gasteiger partial charge in [0.2, 0.25) is 0 Å². The van der Waals surface area contributed by atoms with Crippen LogP contribution >= 0.6 is 0 Å². The van der Waals surface area contributed by atoms with Crippen LogP contribution in [-0.4, -0.2) is 5.26 Å². The number of allylic oxidation sites excluding steroid dienone is 1. The number of nitrogens with two attached hydrogens (primary N) is 1. The third-order valence-corrected chi connectivity index (χ3v) is 1.51. The van der Waals surface area contributed by atoms with Gasteiger partial charge in [0.15, 0.2) is 5.76 Å². The zero-order valence-electron chi connectivity index (χ0n) is 7.21. The molecule has 0 spiro atoms. The van der Waals surface area contributed by atoms with Crippen LogP contribution in [0.25, 0.3) is 0 Å². The second kappa shape index (κ2) is 6.04. The predicted molar refractivity (Wildman–Crippen MR) is 44.7 cm³/mol. The van der Waals surface area contributed by atoms with Gasteiger partial charge in [0.1, 0.15) is 0 Å². The summed E-state index contributed by atoms with van der Waals surface area (Å²) < 4.78 is 0. The van der Waals surface area contributed by atoms with Crippen molar-refractivity contribution < 1.29 is 10.1 Å². The average molecular weight is 159 g/mol. The first kappa shape index (κ1) is 10.3. The fourth-order valence-corrected chi connectivity index (χ4v) is 0.844. The molecular formula is C8H17NO2. The van der Waals surface area contributed by atoms with Gasteiger partial charge in [0.05, 0.1) is 0 Å². The summed E-state index contributed by atoms with van der Waals surface area (Å²) in [4.78, 5) is 4.02. The molecule has 0 saturated heterocycles. The van der Waals surface area contributed by atoms with Crippen molar-refractivity contribution in [1.82, 2.24) is 0 Å². The largest absolute Gasteiger partial charge is 0.402 e. The Morgan fingerprint density at radius 3 is 2.64 bits per heavy atom. The highest BCUT2D eigenvalue weighted by molar-refractivity contribution is 4.87. The van der Waals surface area contributed by atoms with Gasteiger partial charge in [0.25, 0.3) is 0 Å². The lowest BCUT2D eigenvalue weighted by Crippen LogP contribution is -1.94. The van der Waals surface area contributed by atoms with E-state index in [1.807, 2.05) is 0 Å². The van der Waals surface area contributed by atoms with Crippen LogP contribution < -0.4 is 5.73 Å². The zero-order chi connectivity index (χ0) is 8.69. The molecule has 0 radical (unpaired) electrons. The minimum atomic E-state index is 0.450. The van der Waals surface area contributed by atoms with Crippen LogP contribution in [0.5, 0.6) is 0 Å². The van der Waals surface area contributed by atoms with E-state index < -0.39 is 0 Å². The minimum absolute atomic E-state index is 0.450. The Bertz CT molecular complexity index is 121. The zero-order valence-corrected chi connectivity index (χ0v) is 7.21. The van der Waals surface area contributed by atoms with E-state index in [1.54, 1.807) is 0 Å². The van der Waals surface area contributed by atoms with Gasteiger partial charge in [-0.1, -0.05) is 20.3 Å². The van der Waals surface area contributed by atoms with Crippen molar-refractivity contribution in [2.45, 2.75) is 33.1 Å². The van der Waals surface area contributed by atoms with Crippen LogP contribution in [0, 0.1) is 5.92 Å². The summed E-state index contributed by atoms with van der Waals surface area (Å²) >= 11 is 0. The maximum atomic E-state index is 8.24. The van der Waals surface area contributed by atoms with Crippen molar-refractivity contribution in [3.8, 4) is 0 Å². The molecule has 0 aromatic heterocycles. The summed E-state index contributed by atoms with van der Waals surface area (Å²) in [6.45, 7) is 4.32. The summed E-state index contributed by atoms with van der Waals surface area (Å²) in [5.41, 5.74) is 5.15. The molecule has 3 heteroatoms. The topological polar surface area (TPSA) is 55.5 Å². The highest BCUT2D eigenvalue weighted by Gasteiger charge is 1.98. The fraction of sp³-hybridized carbons (Fsp3) is 0.750. The summed E-state index contributed by atoms with van der Waals surface area (Å²) in [5.74, 6) is 1.14. The summed E-state index contributed by atoms with van der Waals surface area (Å²) in [6, 6.07) is 0. The molecule has 0 aromatic rings. The lowest BCUT2D eigenvalue weighted by molar-refractivity contribution is -0.206. The maximum absolute atomic E-state index is 8.24. The Hall–Kier alpha value is -0.700. The lowest BCUT2D eigenvalue weighted by atomic mass is 10.1. The van der Waals surface area contributed by atoms with Gasteiger partial charge < -0.3 is 10.6 Å². The van der Waals surface area contributed by atoms with Gasteiger partial charge in [-0.15, -0.1) is 0 Å². The fourth-order valence-electron chi connectivity index (χ4n) is 0.844. The van der Waals surface area contributed by atoms with Crippen LogP contribution in [0.1, 0.15) is 33.1 Å². The standard InChI is InChI=1S/C8H17NO2/c1-7(2)4-3-5-8(6-9)11-10/h6-7,10H,3-5,9H2,1-2H3/b8-6+. The van der Waals surface area contributed by atoms with Gasteiger partial charge in [-0.05, 0) is 12.3 Å². The first-order chi connectivity index (χ1) is 5.20. The lowest BCUT2D eigenvalue weighted by Gasteiger charge is -2.04. The molecule has 0 saturated carbocycles. The SMILES string of the molecule is CC(C)CCC/C(=C\N)OO. The van der Waals surface area contributed by atoms with E-state index in [2.05, 4.69) is 18.7 Å². The van der Waals surface area contributed by atoms with Crippen LogP contribution in [0.4, 0.5) is 0 Å². The second-order valence-corrected chi connectivity index (χ2v) is 3.01. The van der Waals surface area contributed by atoms with E-state index in [4.69, 9.17) is 11.0 Å². The molecule has 0 bridgehead atoms. The van der Waals surface area contributed by atoms with Gasteiger partial charge in [-0.3, -0.25) is 0 Å². The molecule has 3 nitrogen and oxygen atoms in total. The summed E-state index contributed by atoms with van der Waals surface area (Å²) in [5, 5.41) is 8.24. The molecule has 0 rings (SSSR count). The molecule has 0 amide bonds. The van der Waals surface area contributed by atoms with E-state index in [0.717, 1.165) is 12.8 Å². The van der Waals surface area contributed by atoms with Gasteiger partial charge in [-0.25, -0.2) is 5.26 Å². The molecule has 0 unspecified atom stereocenters. The van der Waals surface area contributed by atoms with Gasteiger partial charge in [0, 0.05) is 12.6 Å². The smallest absolute Gasteiger partial charge is 0.157 e. The Balaban J connectivity index is 3.37. The second-order valence-electron chi connectivity index (χ2n) is 3.01. The molecule has 0 fully saturated rings. The molecule has 0 aliphatic carbocycles. The van der Waals surface area contributed by atoms with Crippen molar-refractivity contribution in [2.75, 3.05) is 0 Å². The molecule has 0 heterocycles. The highest BCUT2D eigenvalue weighted by Crippen LogP contribution is 2.11. The number of hydrogen-bond donors (Lipinski definition) is 2. The van der Waals surface area contributed by atoms with E-state index in [1.165, 1.54) is 6.20 Å². The third kappa shape index (κ3) is 5.73. The van der Waals surface area contributed by atoms with Crippen molar-refractivity contribution in [3.05, 3.63) is 12.0 Å². The minimum Gasteiger partial charge on any atom is -0.402 e. The van der Waals surface area contributed by atoms with Crippen molar-refractivity contribution >= 4 is 0 Å². The maximum Gasteiger partial charge on any atom is 0.157 e. The van der Waals surface area contributed by atoms with Crippen molar-refractivity contribution in [1.29, 1.82) is 0 Å². The molecule has 11 heavy (non-hydrogen) atoms.